The second-order valence-corrected chi connectivity index (χ2v) is 2.73. The predicted molar refractivity (Wildman–Crippen MR) is 42.3 cm³/mol. The Morgan fingerprint density at radius 1 is 1.21 bits per heavy atom. The molecule has 0 heterocycles. The summed E-state index contributed by atoms with van der Waals surface area (Å²) in [5, 5.41) is 8.30. The number of carboxylic acids is 1. The molecule has 14 heavy (non-hydrogen) atoms. The third-order valence-corrected chi connectivity index (χ3v) is 1.72. The first-order valence-corrected chi connectivity index (χ1v) is 3.86. The van der Waals surface area contributed by atoms with Crippen LogP contribution in [0.5, 0.6) is 0 Å². The van der Waals surface area contributed by atoms with Crippen molar-refractivity contribution < 1.29 is 23.1 Å². The minimum atomic E-state index is -1.56. The zero-order chi connectivity index (χ0) is 10.7. The molecule has 0 spiro atoms. The number of rotatable bonds is 3. The number of hydrogen-bond acceptors (Lipinski definition) is 1. The Hall–Kier alpha value is -1.52. The minimum absolute atomic E-state index is 0.133. The summed E-state index contributed by atoms with van der Waals surface area (Å²) >= 11 is 0. The van der Waals surface area contributed by atoms with Gasteiger partial charge < -0.3 is 5.11 Å². The summed E-state index contributed by atoms with van der Waals surface area (Å²) in [6.45, 7) is 0. The SMILES string of the molecule is O=C(O)CCc1ccc(F)c(F)c1F. The topological polar surface area (TPSA) is 37.3 Å². The number of hydrogen-bond donors (Lipinski definition) is 1. The lowest BCUT2D eigenvalue weighted by Crippen LogP contribution is -2.02. The van der Waals surface area contributed by atoms with Gasteiger partial charge in [0.15, 0.2) is 17.5 Å². The van der Waals surface area contributed by atoms with E-state index in [-0.39, 0.29) is 18.4 Å². The van der Waals surface area contributed by atoms with E-state index in [1.165, 1.54) is 0 Å². The van der Waals surface area contributed by atoms with Crippen molar-refractivity contribution in [2.75, 3.05) is 0 Å². The number of benzene rings is 1. The summed E-state index contributed by atoms with van der Waals surface area (Å²) < 4.78 is 38.0. The van der Waals surface area contributed by atoms with E-state index in [0.717, 1.165) is 12.1 Å². The lowest BCUT2D eigenvalue weighted by Gasteiger charge is -2.02. The van der Waals surface area contributed by atoms with Crippen molar-refractivity contribution >= 4 is 5.97 Å². The van der Waals surface area contributed by atoms with Gasteiger partial charge in [-0.3, -0.25) is 4.79 Å². The molecule has 0 aliphatic rings. The fraction of sp³-hybridized carbons (Fsp3) is 0.222. The van der Waals surface area contributed by atoms with Crippen molar-refractivity contribution in [2.45, 2.75) is 12.8 Å². The van der Waals surface area contributed by atoms with Gasteiger partial charge in [-0.2, -0.15) is 0 Å². The summed E-state index contributed by atoms with van der Waals surface area (Å²) in [5.41, 5.74) is -0.133. The van der Waals surface area contributed by atoms with Gasteiger partial charge in [-0.05, 0) is 18.1 Å². The predicted octanol–water partition coefficient (Wildman–Crippen LogP) is 2.12. The van der Waals surface area contributed by atoms with E-state index in [1.807, 2.05) is 0 Å². The molecular formula is C9H7F3O2. The zero-order valence-corrected chi connectivity index (χ0v) is 7.06. The van der Waals surface area contributed by atoms with Crippen LogP contribution in [-0.4, -0.2) is 11.1 Å². The Morgan fingerprint density at radius 2 is 1.86 bits per heavy atom. The molecule has 0 radical (unpaired) electrons. The highest BCUT2D eigenvalue weighted by atomic mass is 19.2. The fourth-order valence-electron chi connectivity index (χ4n) is 1.00. The van der Waals surface area contributed by atoms with E-state index >= 15 is 0 Å². The molecule has 1 aromatic carbocycles. The lowest BCUT2D eigenvalue weighted by atomic mass is 10.1. The molecule has 0 unspecified atom stereocenters. The Kier molecular flexibility index (Phi) is 3.11. The van der Waals surface area contributed by atoms with Crippen molar-refractivity contribution in [1.82, 2.24) is 0 Å². The highest BCUT2D eigenvalue weighted by Crippen LogP contribution is 2.16. The van der Waals surface area contributed by atoms with Crippen molar-refractivity contribution in [2.24, 2.45) is 0 Å². The largest absolute Gasteiger partial charge is 0.481 e. The number of carbonyl (C=O) groups is 1. The monoisotopic (exact) mass is 204 g/mol. The van der Waals surface area contributed by atoms with Gasteiger partial charge >= 0.3 is 5.97 Å². The van der Waals surface area contributed by atoms with Crippen LogP contribution in [-0.2, 0) is 11.2 Å². The normalized spacial score (nSPS) is 10.2. The van der Waals surface area contributed by atoms with Gasteiger partial charge in [0.1, 0.15) is 0 Å². The first kappa shape index (κ1) is 10.6. The molecule has 1 aromatic rings. The molecule has 0 saturated carbocycles. The average Bonchev–Trinajstić information content (AvgIpc) is 2.13. The summed E-state index contributed by atoms with van der Waals surface area (Å²) in [6.07, 6.45) is -0.472. The Morgan fingerprint density at radius 3 is 2.43 bits per heavy atom. The molecule has 2 nitrogen and oxygen atoms in total. The molecule has 0 aliphatic carbocycles. The molecule has 0 amide bonds. The van der Waals surface area contributed by atoms with Crippen LogP contribution in [0.4, 0.5) is 13.2 Å². The summed E-state index contributed by atoms with van der Waals surface area (Å²) in [7, 11) is 0. The third-order valence-electron chi connectivity index (χ3n) is 1.72. The van der Waals surface area contributed by atoms with Gasteiger partial charge in [-0.1, -0.05) is 6.07 Å². The van der Waals surface area contributed by atoms with Gasteiger partial charge in [0.05, 0.1) is 0 Å². The van der Waals surface area contributed by atoms with Crippen LogP contribution < -0.4 is 0 Å². The van der Waals surface area contributed by atoms with Crippen LogP contribution in [0.15, 0.2) is 12.1 Å². The van der Waals surface area contributed by atoms with Crippen LogP contribution >= 0.6 is 0 Å². The molecular weight excluding hydrogens is 197 g/mol. The van der Waals surface area contributed by atoms with Crippen molar-refractivity contribution in [3.8, 4) is 0 Å². The van der Waals surface area contributed by atoms with Gasteiger partial charge in [0, 0.05) is 6.42 Å². The van der Waals surface area contributed by atoms with Gasteiger partial charge in [-0.25, -0.2) is 13.2 Å². The van der Waals surface area contributed by atoms with E-state index in [2.05, 4.69) is 0 Å². The lowest BCUT2D eigenvalue weighted by molar-refractivity contribution is -0.136. The maximum atomic E-state index is 12.9. The van der Waals surface area contributed by atoms with Crippen LogP contribution in [0.2, 0.25) is 0 Å². The summed E-state index contributed by atoms with van der Waals surface area (Å²) in [5.74, 6) is -5.27. The van der Waals surface area contributed by atoms with Crippen LogP contribution in [0.1, 0.15) is 12.0 Å². The molecule has 5 heteroatoms. The summed E-state index contributed by atoms with van der Waals surface area (Å²) in [6, 6.07) is 1.81. The summed E-state index contributed by atoms with van der Waals surface area (Å²) in [4.78, 5) is 10.1. The molecule has 0 aromatic heterocycles. The Balaban J connectivity index is 2.88. The van der Waals surface area contributed by atoms with Crippen LogP contribution in [0, 0.1) is 17.5 Å². The van der Waals surface area contributed by atoms with Crippen molar-refractivity contribution in [3.63, 3.8) is 0 Å². The molecule has 0 saturated heterocycles. The first-order valence-electron chi connectivity index (χ1n) is 3.86. The first-order chi connectivity index (χ1) is 6.52. The number of carboxylic acid groups (broad SMARTS) is 1. The second kappa shape index (κ2) is 4.13. The van der Waals surface area contributed by atoms with Crippen LogP contribution in [0.25, 0.3) is 0 Å². The van der Waals surface area contributed by atoms with E-state index in [4.69, 9.17) is 5.11 Å². The molecule has 0 fully saturated rings. The molecule has 0 aliphatic heterocycles. The van der Waals surface area contributed by atoms with Gasteiger partial charge in [-0.15, -0.1) is 0 Å². The third kappa shape index (κ3) is 2.25. The van der Waals surface area contributed by atoms with E-state index in [9.17, 15) is 18.0 Å². The Bertz CT molecular complexity index is 363. The highest BCUT2D eigenvalue weighted by molar-refractivity contribution is 5.67. The Labute approximate surface area is 78.0 Å². The number of halogens is 3. The zero-order valence-electron chi connectivity index (χ0n) is 7.06. The maximum Gasteiger partial charge on any atom is 0.303 e. The fourth-order valence-corrected chi connectivity index (χ4v) is 1.00. The molecule has 0 bridgehead atoms. The standard InChI is InChI=1S/C9H7F3O2/c10-6-3-1-5(2-4-7(13)14)8(11)9(6)12/h1,3H,2,4H2,(H,13,14). The minimum Gasteiger partial charge on any atom is -0.481 e. The molecule has 76 valence electrons. The molecule has 0 atom stereocenters. The maximum absolute atomic E-state index is 12.9. The number of aliphatic carboxylic acids is 1. The van der Waals surface area contributed by atoms with Crippen molar-refractivity contribution in [1.29, 1.82) is 0 Å². The van der Waals surface area contributed by atoms with E-state index in [1.54, 1.807) is 0 Å². The number of aryl methyl sites for hydroxylation is 1. The second-order valence-electron chi connectivity index (χ2n) is 2.73. The van der Waals surface area contributed by atoms with Crippen molar-refractivity contribution in [3.05, 3.63) is 35.1 Å². The molecule has 1 rings (SSSR count). The van der Waals surface area contributed by atoms with Gasteiger partial charge in [0.2, 0.25) is 0 Å². The molecule has 1 N–H and O–H groups in total. The quantitative estimate of drug-likeness (QED) is 0.765. The smallest absolute Gasteiger partial charge is 0.303 e. The van der Waals surface area contributed by atoms with E-state index in [0.29, 0.717) is 0 Å². The van der Waals surface area contributed by atoms with Crippen LogP contribution in [0.3, 0.4) is 0 Å². The van der Waals surface area contributed by atoms with Gasteiger partial charge in [0.25, 0.3) is 0 Å². The van der Waals surface area contributed by atoms with E-state index < -0.39 is 23.4 Å². The average molecular weight is 204 g/mol. The highest BCUT2D eigenvalue weighted by Gasteiger charge is 2.13.